The standard InChI is InChI=1S/C21H23Cl2N3O2S/c1-15(2)29(27,28)25-10-9-19(14-25)26(13-17-5-3-4-6-20(17)22)18-8-7-16(12-24)21(23)11-18/h3-8,11,15,19H,9-10,13-14H2,1-2H3/t19-/m0/s1. The maximum atomic E-state index is 12.6. The van der Waals surface area contributed by atoms with Gasteiger partial charge < -0.3 is 4.90 Å². The molecule has 3 rings (SSSR count). The van der Waals surface area contributed by atoms with Crippen molar-refractivity contribution in [2.75, 3.05) is 18.0 Å². The van der Waals surface area contributed by atoms with E-state index in [9.17, 15) is 8.42 Å². The van der Waals surface area contributed by atoms with Gasteiger partial charge in [-0.2, -0.15) is 9.57 Å². The first-order valence-corrected chi connectivity index (χ1v) is 11.7. The van der Waals surface area contributed by atoms with Crippen LogP contribution in [0.2, 0.25) is 10.0 Å². The van der Waals surface area contributed by atoms with Crippen LogP contribution in [0.5, 0.6) is 0 Å². The molecule has 1 aliphatic heterocycles. The van der Waals surface area contributed by atoms with Crippen molar-refractivity contribution >= 4 is 38.9 Å². The summed E-state index contributed by atoms with van der Waals surface area (Å²) in [5.74, 6) is 0. The summed E-state index contributed by atoms with van der Waals surface area (Å²) in [5, 5.41) is 9.74. The Balaban J connectivity index is 1.95. The monoisotopic (exact) mass is 451 g/mol. The molecule has 1 aliphatic rings. The molecule has 0 saturated carbocycles. The summed E-state index contributed by atoms with van der Waals surface area (Å²) in [6, 6.07) is 14.9. The van der Waals surface area contributed by atoms with Crippen LogP contribution in [0.3, 0.4) is 0 Å². The average molecular weight is 452 g/mol. The van der Waals surface area contributed by atoms with Gasteiger partial charge in [0.15, 0.2) is 0 Å². The van der Waals surface area contributed by atoms with Crippen LogP contribution in [0.25, 0.3) is 0 Å². The van der Waals surface area contributed by atoms with E-state index in [1.54, 1.807) is 30.3 Å². The zero-order valence-electron chi connectivity index (χ0n) is 16.3. The van der Waals surface area contributed by atoms with Crippen molar-refractivity contribution in [2.24, 2.45) is 0 Å². The predicted molar refractivity (Wildman–Crippen MR) is 118 cm³/mol. The lowest BCUT2D eigenvalue weighted by Gasteiger charge is -2.32. The van der Waals surface area contributed by atoms with Gasteiger partial charge in [0.1, 0.15) is 6.07 Å². The summed E-state index contributed by atoms with van der Waals surface area (Å²) in [6.45, 7) is 4.80. The number of hydrogen-bond acceptors (Lipinski definition) is 4. The van der Waals surface area contributed by atoms with E-state index < -0.39 is 15.3 Å². The summed E-state index contributed by atoms with van der Waals surface area (Å²) >= 11 is 12.7. The van der Waals surface area contributed by atoms with Gasteiger partial charge >= 0.3 is 0 Å². The van der Waals surface area contributed by atoms with E-state index in [0.717, 1.165) is 11.3 Å². The van der Waals surface area contributed by atoms with Crippen LogP contribution in [0.15, 0.2) is 42.5 Å². The van der Waals surface area contributed by atoms with Crippen LogP contribution in [0.4, 0.5) is 5.69 Å². The second-order valence-electron chi connectivity index (χ2n) is 7.39. The Morgan fingerprint density at radius 1 is 1.21 bits per heavy atom. The number of halogens is 2. The first kappa shape index (κ1) is 21.9. The molecule has 1 fully saturated rings. The fourth-order valence-electron chi connectivity index (χ4n) is 3.51. The molecule has 0 amide bonds. The molecule has 154 valence electrons. The molecule has 0 unspecified atom stereocenters. The van der Waals surface area contributed by atoms with Crippen molar-refractivity contribution in [3.63, 3.8) is 0 Å². The van der Waals surface area contributed by atoms with E-state index >= 15 is 0 Å². The van der Waals surface area contributed by atoms with Crippen molar-refractivity contribution in [1.29, 1.82) is 5.26 Å². The molecule has 8 heteroatoms. The number of sulfonamides is 1. The number of nitrogens with zero attached hydrogens (tertiary/aromatic N) is 3. The number of benzene rings is 2. The molecule has 5 nitrogen and oxygen atoms in total. The molecule has 0 aliphatic carbocycles. The molecular formula is C21H23Cl2N3O2S. The third-order valence-electron chi connectivity index (χ3n) is 5.23. The molecule has 1 saturated heterocycles. The first-order chi connectivity index (χ1) is 13.7. The highest BCUT2D eigenvalue weighted by atomic mass is 35.5. The van der Waals surface area contributed by atoms with Gasteiger partial charge in [-0.3, -0.25) is 0 Å². The lowest BCUT2D eigenvalue weighted by molar-refractivity contribution is 0.461. The van der Waals surface area contributed by atoms with Crippen molar-refractivity contribution in [1.82, 2.24) is 4.31 Å². The molecule has 2 aromatic rings. The zero-order valence-corrected chi connectivity index (χ0v) is 18.7. The minimum Gasteiger partial charge on any atom is -0.363 e. The predicted octanol–water partition coefficient (Wildman–Crippen LogP) is 4.68. The highest BCUT2D eigenvalue weighted by molar-refractivity contribution is 7.89. The smallest absolute Gasteiger partial charge is 0.216 e. The topological polar surface area (TPSA) is 64.4 Å². The summed E-state index contributed by atoms with van der Waals surface area (Å²) in [7, 11) is -3.31. The Labute approximate surface area is 182 Å². The number of nitriles is 1. The van der Waals surface area contributed by atoms with Crippen molar-refractivity contribution < 1.29 is 8.42 Å². The van der Waals surface area contributed by atoms with Crippen molar-refractivity contribution in [2.45, 2.75) is 38.1 Å². The number of hydrogen-bond donors (Lipinski definition) is 0. The van der Waals surface area contributed by atoms with Crippen LogP contribution in [0, 0.1) is 11.3 Å². The van der Waals surface area contributed by atoms with E-state index in [1.165, 1.54) is 0 Å². The third-order valence-corrected chi connectivity index (χ3v) is 8.15. The van der Waals surface area contributed by atoms with Crippen LogP contribution in [-0.4, -0.2) is 37.1 Å². The largest absolute Gasteiger partial charge is 0.363 e. The third kappa shape index (κ3) is 4.70. The molecule has 1 heterocycles. The molecule has 2 aromatic carbocycles. The van der Waals surface area contributed by atoms with Gasteiger partial charge in [0.2, 0.25) is 10.0 Å². The Kier molecular flexibility index (Phi) is 6.75. The number of rotatable bonds is 6. The van der Waals surface area contributed by atoms with Gasteiger partial charge in [-0.25, -0.2) is 8.42 Å². The summed E-state index contributed by atoms with van der Waals surface area (Å²) in [6.07, 6.45) is 0.702. The highest BCUT2D eigenvalue weighted by Crippen LogP contribution is 2.31. The van der Waals surface area contributed by atoms with Crippen LogP contribution >= 0.6 is 23.2 Å². The molecule has 0 bridgehead atoms. The van der Waals surface area contributed by atoms with E-state index in [0.29, 0.717) is 41.7 Å². The summed E-state index contributed by atoms with van der Waals surface area (Å²) in [4.78, 5) is 2.13. The molecule has 0 aromatic heterocycles. The summed E-state index contributed by atoms with van der Waals surface area (Å²) in [5.41, 5.74) is 2.19. The van der Waals surface area contributed by atoms with Gasteiger partial charge in [0.05, 0.1) is 15.8 Å². The zero-order chi connectivity index (χ0) is 21.2. The minimum atomic E-state index is -3.31. The first-order valence-electron chi connectivity index (χ1n) is 9.42. The lowest BCUT2D eigenvalue weighted by atomic mass is 10.1. The van der Waals surface area contributed by atoms with Gasteiger partial charge in [0, 0.05) is 36.4 Å². The maximum absolute atomic E-state index is 12.6. The van der Waals surface area contributed by atoms with Crippen molar-refractivity contribution in [3.05, 3.63) is 63.6 Å². The average Bonchev–Trinajstić information content (AvgIpc) is 3.18. The van der Waals surface area contributed by atoms with Crippen LogP contribution < -0.4 is 4.90 Å². The highest BCUT2D eigenvalue weighted by Gasteiger charge is 2.36. The molecule has 0 spiro atoms. The molecule has 0 radical (unpaired) electrons. The second kappa shape index (κ2) is 8.93. The Morgan fingerprint density at radius 2 is 1.93 bits per heavy atom. The summed E-state index contributed by atoms with van der Waals surface area (Å²) < 4.78 is 26.8. The van der Waals surface area contributed by atoms with Crippen LogP contribution in [0.1, 0.15) is 31.4 Å². The Morgan fingerprint density at radius 3 is 2.55 bits per heavy atom. The van der Waals surface area contributed by atoms with Crippen molar-refractivity contribution in [3.8, 4) is 6.07 Å². The fraction of sp³-hybridized carbons (Fsp3) is 0.381. The Hall–Kier alpha value is -1.78. The molecule has 1 atom stereocenters. The van der Waals surface area contributed by atoms with Gasteiger partial charge in [-0.15, -0.1) is 0 Å². The molecular weight excluding hydrogens is 429 g/mol. The van der Waals surface area contributed by atoms with E-state index in [2.05, 4.69) is 11.0 Å². The molecule has 29 heavy (non-hydrogen) atoms. The quantitative estimate of drug-likeness (QED) is 0.638. The normalized spacial score (nSPS) is 17.4. The van der Waals surface area contributed by atoms with Gasteiger partial charge in [-0.05, 0) is 50.1 Å². The van der Waals surface area contributed by atoms with E-state index in [4.69, 9.17) is 28.5 Å². The van der Waals surface area contributed by atoms with Gasteiger partial charge in [0.25, 0.3) is 0 Å². The second-order valence-corrected chi connectivity index (χ2v) is 10.7. The SMILES string of the molecule is CC(C)S(=O)(=O)N1CC[C@H](N(Cc2ccccc2Cl)c2ccc(C#N)c(Cl)c2)C1. The Bertz CT molecular complexity index is 1030. The fourth-order valence-corrected chi connectivity index (χ4v) is 5.26. The lowest BCUT2D eigenvalue weighted by Crippen LogP contribution is -2.40. The molecule has 0 N–H and O–H groups in total. The van der Waals surface area contributed by atoms with E-state index in [1.807, 2.05) is 30.3 Å². The minimum absolute atomic E-state index is 0.0243. The van der Waals surface area contributed by atoms with Gasteiger partial charge in [-0.1, -0.05) is 41.4 Å². The number of anilines is 1. The van der Waals surface area contributed by atoms with Crippen LogP contribution in [-0.2, 0) is 16.6 Å². The van der Waals surface area contributed by atoms with E-state index in [-0.39, 0.29) is 6.04 Å². The maximum Gasteiger partial charge on any atom is 0.216 e.